The van der Waals surface area contributed by atoms with Crippen LogP contribution in [-0.2, 0) is 10.5 Å². The lowest BCUT2D eigenvalue weighted by molar-refractivity contribution is -0.136. The van der Waals surface area contributed by atoms with Crippen molar-refractivity contribution < 1.29 is 14.6 Å². The number of thioether (sulfide) groups is 1. The van der Waals surface area contributed by atoms with E-state index in [1.54, 1.807) is 19.1 Å². The van der Waals surface area contributed by atoms with Gasteiger partial charge in [-0.1, -0.05) is 6.07 Å². The zero-order chi connectivity index (χ0) is 12.8. The molecule has 0 radical (unpaired) electrons. The second kappa shape index (κ2) is 6.16. The monoisotopic (exact) mass is 251 g/mol. The number of hydrogen-bond donors (Lipinski definition) is 1. The largest absolute Gasteiger partial charge is 0.495 e. The number of nitrogens with zero attached hydrogens (tertiary/aromatic N) is 1. The van der Waals surface area contributed by atoms with E-state index in [1.807, 2.05) is 12.1 Å². The Kier molecular flexibility index (Phi) is 4.85. The molecule has 17 heavy (non-hydrogen) atoms. The van der Waals surface area contributed by atoms with Crippen LogP contribution in [0.1, 0.15) is 18.1 Å². The Bertz CT molecular complexity index is 454. The molecule has 0 fully saturated rings. The summed E-state index contributed by atoms with van der Waals surface area (Å²) in [6.45, 7) is 1.64. The zero-order valence-corrected chi connectivity index (χ0v) is 10.5. The molecule has 1 N–H and O–H groups in total. The molecule has 1 aromatic rings. The second-order valence-corrected chi connectivity index (χ2v) is 4.77. The first-order chi connectivity index (χ1) is 8.08. The molecule has 0 saturated heterocycles. The van der Waals surface area contributed by atoms with E-state index in [2.05, 4.69) is 0 Å². The summed E-state index contributed by atoms with van der Waals surface area (Å²) in [7, 11) is 1.51. The first kappa shape index (κ1) is 13.4. The lowest BCUT2D eigenvalue weighted by Crippen LogP contribution is -2.11. The van der Waals surface area contributed by atoms with Crippen molar-refractivity contribution in [2.24, 2.45) is 0 Å². The number of methoxy groups -OCH3 is 1. The predicted molar refractivity (Wildman–Crippen MR) is 66.1 cm³/mol. The van der Waals surface area contributed by atoms with E-state index in [0.717, 1.165) is 5.56 Å². The van der Waals surface area contributed by atoms with Gasteiger partial charge in [0.15, 0.2) is 0 Å². The van der Waals surface area contributed by atoms with Gasteiger partial charge in [-0.3, -0.25) is 4.79 Å². The van der Waals surface area contributed by atoms with Gasteiger partial charge >= 0.3 is 5.97 Å². The van der Waals surface area contributed by atoms with Crippen LogP contribution in [0.5, 0.6) is 5.75 Å². The van der Waals surface area contributed by atoms with Crippen molar-refractivity contribution in [1.29, 1.82) is 5.26 Å². The van der Waals surface area contributed by atoms with E-state index in [9.17, 15) is 4.79 Å². The Balaban J connectivity index is 2.74. The van der Waals surface area contributed by atoms with Crippen molar-refractivity contribution in [2.45, 2.75) is 17.9 Å². The lowest BCUT2D eigenvalue weighted by Gasteiger charge is -2.08. The number of carboxylic acid groups (broad SMARTS) is 1. The van der Waals surface area contributed by atoms with Crippen molar-refractivity contribution in [3.63, 3.8) is 0 Å². The van der Waals surface area contributed by atoms with Gasteiger partial charge in [-0.05, 0) is 24.6 Å². The van der Waals surface area contributed by atoms with E-state index in [-0.39, 0.29) is 0 Å². The van der Waals surface area contributed by atoms with E-state index in [0.29, 0.717) is 17.1 Å². The molecule has 0 aliphatic rings. The number of hydrogen-bond acceptors (Lipinski definition) is 4. The average molecular weight is 251 g/mol. The van der Waals surface area contributed by atoms with Gasteiger partial charge < -0.3 is 9.84 Å². The van der Waals surface area contributed by atoms with Gasteiger partial charge in [-0.25, -0.2) is 0 Å². The van der Waals surface area contributed by atoms with Crippen LogP contribution in [0.15, 0.2) is 18.2 Å². The maximum Gasteiger partial charge on any atom is 0.316 e. The van der Waals surface area contributed by atoms with Gasteiger partial charge in [0.2, 0.25) is 0 Å². The molecule has 0 spiro atoms. The maximum absolute atomic E-state index is 10.7. The van der Waals surface area contributed by atoms with Crippen molar-refractivity contribution in [2.75, 3.05) is 7.11 Å². The minimum Gasteiger partial charge on any atom is -0.495 e. The average Bonchev–Trinajstić information content (AvgIpc) is 2.35. The van der Waals surface area contributed by atoms with Crippen LogP contribution in [-0.4, -0.2) is 23.4 Å². The van der Waals surface area contributed by atoms with Gasteiger partial charge in [0.1, 0.15) is 11.8 Å². The summed E-state index contributed by atoms with van der Waals surface area (Å²) >= 11 is 1.32. The maximum atomic E-state index is 10.7. The summed E-state index contributed by atoms with van der Waals surface area (Å²) < 4.78 is 5.03. The Hall–Kier alpha value is -1.67. The van der Waals surface area contributed by atoms with E-state index < -0.39 is 11.2 Å². The lowest BCUT2D eigenvalue weighted by atomic mass is 10.1. The number of ether oxygens (including phenoxy) is 1. The summed E-state index contributed by atoms with van der Waals surface area (Å²) in [5, 5.41) is 17.2. The van der Waals surface area contributed by atoms with Gasteiger partial charge in [0.05, 0.1) is 17.9 Å². The second-order valence-electron chi connectivity index (χ2n) is 3.44. The Morgan fingerprint density at radius 1 is 1.65 bits per heavy atom. The highest BCUT2D eigenvalue weighted by atomic mass is 32.2. The number of benzene rings is 1. The highest BCUT2D eigenvalue weighted by Crippen LogP contribution is 2.23. The third-order valence-corrected chi connectivity index (χ3v) is 3.43. The van der Waals surface area contributed by atoms with Crippen LogP contribution in [0, 0.1) is 11.3 Å². The zero-order valence-electron chi connectivity index (χ0n) is 9.64. The summed E-state index contributed by atoms with van der Waals surface area (Å²) in [4.78, 5) is 10.7. The van der Waals surface area contributed by atoms with Crippen LogP contribution < -0.4 is 4.74 Å². The highest BCUT2D eigenvalue weighted by Gasteiger charge is 2.11. The molecule has 0 heterocycles. The minimum absolute atomic E-state index is 0.456. The van der Waals surface area contributed by atoms with Gasteiger partial charge in [-0.2, -0.15) is 5.26 Å². The van der Waals surface area contributed by atoms with Crippen molar-refractivity contribution in [3.8, 4) is 11.8 Å². The van der Waals surface area contributed by atoms with Gasteiger partial charge in [0.25, 0.3) is 0 Å². The molecule has 4 nitrogen and oxygen atoms in total. The molecule has 0 aromatic heterocycles. The molecule has 0 saturated carbocycles. The summed E-state index contributed by atoms with van der Waals surface area (Å²) in [6.07, 6.45) is 0. The molecule has 1 unspecified atom stereocenters. The number of aliphatic carboxylic acids is 1. The fraction of sp³-hybridized carbons (Fsp3) is 0.333. The SMILES string of the molecule is COc1ccc(CSC(C)C(=O)O)cc1C#N. The van der Waals surface area contributed by atoms with Crippen LogP contribution in [0.4, 0.5) is 0 Å². The van der Waals surface area contributed by atoms with Gasteiger partial charge in [-0.15, -0.1) is 11.8 Å². The molecule has 5 heteroatoms. The normalized spacial score (nSPS) is 11.6. The molecule has 0 bridgehead atoms. The molecular formula is C12H13NO3S. The third-order valence-electron chi connectivity index (χ3n) is 2.23. The molecule has 0 amide bonds. The standard InChI is InChI=1S/C12H13NO3S/c1-8(12(14)15)17-7-9-3-4-11(16-2)10(5-9)6-13/h3-5,8H,7H2,1-2H3,(H,14,15). The van der Waals surface area contributed by atoms with Crippen LogP contribution in [0.3, 0.4) is 0 Å². The van der Waals surface area contributed by atoms with E-state index in [4.69, 9.17) is 15.1 Å². The number of carboxylic acids is 1. The van der Waals surface area contributed by atoms with Crippen LogP contribution in [0.2, 0.25) is 0 Å². The Morgan fingerprint density at radius 2 is 2.35 bits per heavy atom. The smallest absolute Gasteiger partial charge is 0.316 e. The number of rotatable bonds is 5. The van der Waals surface area contributed by atoms with Crippen LogP contribution in [0.25, 0.3) is 0 Å². The van der Waals surface area contributed by atoms with E-state index >= 15 is 0 Å². The van der Waals surface area contributed by atoms with Crippen molar-refractivity contribution in [3.05, 3.63) is 29.3 Å². The topological polar surface area (TPSA) is 70.3 Å². The number of nitriles is 1. The predicted octanol–water partition coefficient (Wildman–Crippen LogP) is 2.27. The molecule has 0 aliphatic carbocycles. The van der Waals surface area contributed by atoms with E-state index in [1.165, 1.54) is 18.9 Å². The first-order valence-electron chi connectivity index (χ1n) is 5.00. The molecular weight excluding hydrogens is 238 g/mol. The molecule has 1 atom stereocenters. The highest BCUT2D eigenvalue weighted by molar-refractivity contribution is 7.99. The summed E-state index contributed by atoms with van der Waals surface area (Å²) in [6, 6.07) is 7.33. The fourth-order valence-corrected chi connectivity index (χ4v) is 1.99. The summed E-state index contributed by atoms with van der Waals surface area (Å²) in [5.41, 5.74) is 1.38. The minimum atomic E-state index is -0.830. The quantitative estimate of drug-likeness (QED) is 0.869. The van der Waals surface area contributed by atoms with Crippen LogP contribution >= 0.6 is 11.8 Å². The molecule has 0 aliphatic heterocycles. The molecule has 1 aromatic carbocycles. The summed E-state index contributed by atoms with van der Waals surface area (Å²) in [5.74, 6) is 0.267. The Labute approximate surface area is 104 Å². The molecule has 1 rings (SSSR count). The van der Waals surface area contributed by atoms with Crippen molar-refractivity contribution in [1.82, 2.24) is 0 Å². The van der Waals surface area contributed by atoms with Crippen molar-refractivity contribution >= 4 is 17.7 Å². The Morgan fingerprint density at radius 3 is 2.88 bits per heavy atom. The van der Waals surface area contributed by atoms with Gasteiger partial charge in [0, 0.05) is 5.75 Å². The third kappa shape index (κ3) is 3.68. The first-order valence-corrected chi connectivity index (χ1v) is 6.04. The molecule has 90 valence electrons. The fourth-order valence-electron chi connectivity index (χ4n) is 1.22. The number of carbonyl (C=O) groups is 1.